The highest BCUT2D eigenvalue weighted by molar-refractivity contribution is 5.92. The summed E-state index contributed by atoms with van der Waals surface area (Å²) >= 11 is 0. The van der Waals surface area contributed by atoms with Crippen molar-refractivity contribution in [2.75, 3.05) is 30.3 Å². The first-order valence-electron chi connectivity index (χ1n) is 10.3. The number of hydrogen-bond donors (Lipinski definition) is 2. The molecule has 8 nitrogen and oxygen atoms in total. The summed E-state index contributed by atoms with van der Waals surface area (Å²) in [6, 6.07) is 9.91. The molecule has 2 aliphatic rings. The highest BCUT2D eigenvalue weighted by Crippen LogP contribution is 2.39. The number of para-hydroxylation sites is 1. The molecule has 2 N–H and O–H groups in total. The Labute approximate surface area is 169 Å². The summed E-state index contributed by atoms with van der Waals surface area (Å²) in [5, 5.41) is 15.2. The summed E-state index contributed by atoms with van der Waals surface area (Å²) < 4.78 is 2.07. The fourth-order valence-electron chi connectivity index (χ4n) is 3.92. The normalized spacial score (nSPS) is 18.1. The van der Waals surface area contributed by atoms with E-state index in [0.717, 1.165) is 48.9 Å². The van der Waals surface area contributed by atoms with Crippen LogP contribution in [0.2, 0.25) is 0 Å². The third kappa shape index (κ3) is 4.07. The first kappa shape index (κ1) is 18.1. The Morgan fingerprint density at radius 2 is 1.86 bits per heavy atom. The molecule has 3 heterocycles. The Kier molecular flexibility index (Phi) is 4.85. The van der Waals surface area contributed by atoms with E-state index in [1.165, 1.54) is 12.8 Å². The molecule has 0 unspecified atom stereocenters. The van der Waals surface area contributed by atoms with Crippen molar-refractivity contribution in [3.05, 3.63) is 48.5 Å². The third-order valence-corrected chi connectivity index (χ3v) is 5.65. The number of piperidine rings is 1. The van der Waals surface area contributed by atoms with Crippen molar-refractivity contribution in [1.29, 1.82) is 0 Å². The van der Waals surface area contributed by atoms with E-state index in [2.05, 4.69) is 35.1 Å². The predicted molar refractivity (Wildman–Crippen MR) is 111 cm³/mol. The number of anilines is 2. The van der Waals surface area contributed by atoms with E-state index < -0.39 is 0 Å². The molecule has 5 rings (SSSR count). The summed E-state index contributed by atoms with van der Waals surface area (Å²) in [6.07, 6.45) is 8.08. The lowest BCUT2D eigenvalue weighted by Gasteiger charge is -2.32. The quantitative estimate of drug-likeness (QED) is 0.671. The van der Waals surface area contributed by atoms with Crippen molar-refractivity contribution < 1.29 is 4.79 Å². The van der Waals surface area contributed by atoms with Crippen LogP contribution in [0.4, 0.5) is 11.5 Å². The Balaban J connectivity index is 1.15. The van der Waals surface area contributed by atoms with Crippen LogP contribution in [0.25, 0.3) is 5.65 Å². The van der Waals surface area contributed by atoms with E-state index in [9.17, 15) is 4.79 Å². The number of amides is 1. The fraction of sp³-hybridized carbons (Fsp3) is 0.429. The van der Waals surface area contributed by atoms with Gasteiger partial charge in [0.15, 0.2) is 5.82 Å². The van der Waals surface area contributed by atoms with Gasteiger partial charge in [-0.2, -0.15) is 0 Å². The minimum absolute atomic E-state index is 0.0325. The topological polar surface area (TPSA) is 87.5 Å². The Hall–Kier alpha value is -3.00. The molecule has 1 aromatic carbocycles. The molecule has 1 aliphatic heterocycles. The van der Waals surface area contributed by atoms with Gasteiger partial charge in [-0.05, 0) is 37.8 Å². The van der Waals surface area contributed by atoms with E-state index in [-0.39, 0.29) is 5.91 Å². The number of nitrogens with one attached hydrogen (secondary N) is 2. The molecule has 0 atom stereocenters. The number of benzene rings is 1. The smallest absolute Gasteiger partial charge is 0.238 e. The molecule has 0 spiro atoms. The molecule has 1 saturated carbocycles. The van der Waals surface area contributed by atoms with Crippen molar-refractivity contribution in [1.82, 2.24) is 24.5 Å². The van der Waals surface area contributed by atoms with Gasteiger partial charge in [-0.25, -0.2) is 4.98 Å². The van der Waals surface area contributed by atoms with Gasteiger partial charge in [-0.3, -0.25) is 14.1 Å². The summed E-state index contributed by atoms with van der Waals surface area (Å²) in [7, 11) is 0. The van der Waals surface area contributed by atoms with Crippen LogP contribution in [-0.4, -0.2) is 56.1 Å². The van der Waals surface area contributed by atoms with Gasteiger partial charge < -0.3 is 10.6 Å². The second-order valence-electron chi connectivity index (χ2n) is 7.91. The highest BCUT2D eigenvalue weighted by Gasteiger charge is 2.29. The summed E-state index contributed by atoms with van der Waals surface area (Å²) in [5.41, 5.74) is 1.64. The molecule has 0 bridgehead atoms. The van der Waals surface area contributed by atoms with Gasteiger partial charge in [0.2, 0.25) is 11.6 Å². The lowest BCUT2D eigenvalue weighted by Crippen LogP contribution is -2.42. The molecule has 1 aliphatic carbocycles. The number of nitrogens with zero attached hydrogens (tertiary/aromatic N) is 5. The van der Waals surface area contributed by atoms with Crippen molar-refractivity contribution in [2.24, 2.45) is 0 Å². The minimum atomic E-state index is 0.0325. The fourth-order valence-corrected chi connectivity index (χ4v) is 3.92. The summed E-state index contributed by atoms with van der Waals surface area (Å²) in [5.74, 6) is 2.42. The van der Waals surface area contributed by atoms with Crippen LogP contribution in [0, 0.1) is 0 Å². The lowest BCUT2D eigenvalue weighted by molar-refractivity contribution is -0.117. The van der Waals surface area contributed by atoms with Crippen LogP contribution < -0.4 is 10.6 Å². The highest BCUT2D eigenvalue weighted by atomic mass is 16.2. The minimum Gasteiger partial charge on any atom is -0.364 e. The number of rotatable bonds is 6. The molecule has 0 radical (unpaired) electrons. The van der Waals surface area contributed by atoms with Crippen LogP contribution in [0.15, 0.2) is 42.7 Å². The van der Waals surface area contributed by atoms with Gasteiger partial charge in [0.05, 0.1) is 6.54 Å². The maximum Gasteiger partial charge on any atom is 0.238 e. The number of fused-ring (bicyclic) bond motifs is 1. The first-order chi connectivity index (χ1) is 14.3. The molecular weight excluding hydrogens is 366 g/mol. The summed E-state index contributed by atoms with van der Waals surface area (Å²) in [4.78, 5) is 19.0. The van der Waals surface area contributed by atoms with Gasteiger partial charge in [0.1, 0.15) is 5.82 Å². The Bertz CT molecular complexity index is 991. The SMILES string of the molecule is O=C(CN1CCC(Nc2nccn3c(C4CC4)nnc23)CC1)Nc1ccccc1. The molecule has 29 heavy (non-hydrogen) atoms. The standard InChI is InChI=1S/C21H25N7O/c29-18(23-16-4-2-1-3-5-16)14-27-11-8-17(9-12-27)24-19-21-26-25-20(15-6-7-15)28(21)13-10-22-19/h1-5,10,13,15,17H,6-9,11-12,14H2,(H,22,24)(H,23,29). The van der Waals surface area contributed by atoms with Crippen molar-refractivity contribution in [3.8, 4) is 0 Å². The van der Waals surface area contributed by atoms with Gasteiger partial charge in [0, 0.05) is 43.1 Å². The van der Waals surface area contributed by atoms with Crippen LogP contribution in [0.1, 0.15) is 37.4 Å². The van der Waals surface area contributed by atoms with Crippen LogP contribution >= 0.6 is 0 Å². The number of aromatic nitrogens is 4. The Morgan fingerprint density at radius 1 is 1.07 bits per heavy atom. The monoisotopic (exact) mass is 391 g/mol. The van der Waals surface area contributed by atoms with Gasteiger partial charge in [-0.15, -0.1) is 10.2 Å². The predicted octanol–water partition coefficient (Wildman–Crippen LogP) is 2.52. The number of likely N-dealkylation sites (tertiary alicyclic amines) is 1. The average molecular weight is 391 g/mol. The second-order valence-corrected chi connectivity index (χ2v) is 7.91. The third-order valence-electron chi connectivity index (χ3n) is 5.65. The molecule has 8 heteroatoms. The second kappa shape index (κ2) is 7.79. The first-order valence-corrected chi connectivity index (χ1v) is 10.3. The molecule has 1 amide bonds. The Morgan fingerprint density at radius 3 is 2.62 bits per heavy atom. The zero-order valence-electron chi connectivity index (χ0n) is 16.3. The zero-order valence-corrected chi connectivity index (χ0v) is 16.3. The van der Waals surface area contributed by atoms with Crippen LogP contribution in [-0.2, 0) is 4.79 Å². The maximum atomic E-state index is 12.3. The lowest BCUT2D eigenvalue weighted by atomic mass is 10.1. The molecule has 3 aromatic rings. The van der Waals surface area contributed by atoms with E-state index in [1.54, 1.807) is 0 Å². The van der Waals surface area contributed by atoms with E-state index >= 15 is 0 Å². The van der Waals surface area contributed by atoms with Crippen molar-refractivity contribution in [3.63, 3.8) is 0 Å². The van der Waals surface area contributed by atoms with Gasteiger partial charge in [-0.1, -0.05) is 18.2 Å². The number of carbonyl (C=O) groups is 1. The van der Waals surface area contributed by atoms with Gasteiger partial charge in [0.25, 0.3) is 0 Å². The zero-order chi connectivity index (χ0) is 19.6. The van der Waals surface area contributed by atoms with Gasteiger partial charge >= 0.3 is 0 Å². The number of carbonyl (C=O) groups excluding carboxylic acids is 1. The van der Waals surface area contributed by atoms with E-state index in [0.29, 0.717) is 18.5 Å². The van der Waals surface area contributed by atoms with Crippen molar-refractivity contribution >= 4 is 23.1 Å². The molecular formula is C21H25N7O. The molecule has 2 aromatic heterocycles. The molecule has 2 fully saturated rings. The van der Waals surface area contributed by atoms with Crippen LogP contribution in [0.5, 0.6) is 0 Å². The van der Waals surface area contributed by atoms with E-state index in [4.69, 9.17) is 0 Å². The largest absolute Gasteiger partial charge is 0.364 e. The van der Waals surface area contributed by atoms with Crippen molar-refractivity contribution in [2.45, 2.75) is 37.6 Å². The van der Waals surface area contributed by atoms with Crippen LogP contribution in [0.3, 0.4) is 0 Å². The summed E-state index contributed by atoms with van der Waals surface area (Å²) in [6.45, 7) is 2.18. The average Bonchev–Trinajstić information content (AvgIpc) is 3.49. The molecule has 150 valence electrons. The number of hydrogen-bond acceptors (Lipinski definition) is 6. The maximum absolute atomic E-state index is 12.3. The van der Waals surface area contributed by atoms with E-state index in [1.807, 2.05) is 42.7 Å². The molecule has 1 saturated heterocycles.